The molecule has 1 unspecified atom stereocenters. The molecule has 25 heavy (non-hydrogen) atoms. The fraction of sp³-hybridized carbons (Fsp3) is 0.182. The van der Waals surface area contributed by atoms with Crippen molar-refractivity contribution in [3.05, 3.63) is 96.1 Å². The van der Waals surface area contributed by atoms with Crippen LogP contribution in [-0.4, -0.2) is 13.5 Å². The molecular weight excluding hydrogens is 305 g/mol. The molecule has 0 aliphatic rings. The van der Waals surface area contributed by atoms with E-state index in [1.165, 1.54) is 11.0 Å². The average molecular weight is 329 g/mol. The van der Waals surface area contributed by atoms with Crippen molar-refractivity contribution in [3.8, 4) is 0 Å². The first-order valence-corrected chi connectivity index (χ1v) is 8.84. The van der Waals surface area contributed by atoms with Gasteiger partial charge in [-0.2, -0.15) is 0 Å². The Kier molecular flexibility index (Phi) is 6.05. The number of nitrogens with two attached hydrogens (primary N) is 1. The summed E-state index contributed by atoms with van der Waals surface area (Å²) in [5.74, 6) is 0. The van der Waals surface area contributed by atoms with Crippen LogP contribution in [0.4, 0.5) is 0 Å². The van der Waals surface area contributed by atoms with Crippen molar-refractivity contribution in [1.82, 2.24) is 0 Å². The summed E-state index contributed by atoms with van der Waals surface area (Å²) >= 11 is 0. The third-order valence-corrected chi connectivity index (χ3v) is 4.43. The van der Waals surface area contributed by atoms with Gasteiger partial charge in [-0.25, -0.2) is 0 Å². The lowest BCUT2D eigenvalue weighted by molar-refractivity contribution is 0.303. The van der Waals surface area contributed by atoms with Crippen LogP contribution in [0.5, 0.6) is 0 Å². The molecule has 0 aromatic heterocycles. The largest absolute Gasteiger partial charge is 0.425 e. The fourth-order valence-electron chi connectivity index (χ4n) is 2.99. The minimum atomic E-state index is -0.137. The highest BCUT2D eigenvalue weighted by molar-refractivity contribution is 6.80. The molecule has 3 rings (SSSR count). The minimum Gasteiger partial charge on any atom is -0.425 e. The third-order valence-electron chi connectivity index (χ3n) is 4.43. The Morgan fingerprint density at radius 3 is 2.16 bits per heavy atom. The van der Waals surface area contributed by atoms with Gasteiger partial charge >= 0.3 is 6.92 Å². The highest BCUT2D eigenvalue weighted by Gasteiger charge is 2.22. The zero-order chi connectivity index (χ0) is 17.5. The van der Waals surface area contributed by atoms with Crippen LogP contribution in [0, 0.1) is 0 Å². The molecule has 0 fully saturated rings. The van der Waals surface area contributed by atoms with Gasteiger partial charge in [0.25, 0.3) is 0 Å². The number of hydrogen-bond acceptors (Lipinski definition) is 2. The maximum Gasteiger partial charge on any atom is 0.361 e. The van der Waals surface area contributed by atoms with Crippen LogP contribution in [0.25, 0.3) is 0 Å². The maximum atomic E-state index is 6.33. The predicted molar refractivity (Wildman–Crippen MR) is 107 cm³/mol. The van der Waals surface area contributed by atoms with Crippen molar-refractivity contribution < 1.29 is 4.65 Å². The summed E-state index contributed by atoms with van der Waals surface area (Å²) in [6, 6.07) is 28.9. The van der Waals surface area contributed by atoms with Gasteiger partial charge in [0.2, 0.25) is 0 Å². The van der Waals surface area contributed by atoms with Crippen LogP contribution in [0.15, 0.2) is 84.9 Å². The second-order valence-corrected chi connectivity index (χ2v) is 6.24. The molecular formula is C22H24BNO. The molecule has 3 heteroatoms. The van der Waals surface area contributed by atoms with Crippen molar-refractivity contribution in [3.63, 3.8) is 0 Å². The van der Waals surface area contributed by atoms with Gasteiger partial charge in [0, 0.05) is 6.61 Å². The molecule has 2 nitrogen and oxygen atoms in total. The van der Waals surface area contributed by atoms with Crippen LogP contribution < -0.4 is 16.7 Å². The number of benzene rings is 3. The van der Waals surface area contributed by atoms with Crippen molar-refractivity contribution >= 4 is 17.8 Å². The summed E-state index contributed by atoms with van der Waals surface area (Å²) in [6.45, 7) is 2.53. The zero-order valence-corrected chi connectivity index (χ0v) is 14.6. The molecule has 2 N–H and O–H groups in total. The van der Waals surface area contributed by atoms with Gasteiger partial charge in [-0.15, -0.1) is 0 Å². The van der Waals surface area contributed by atoms with Gasteiger partial charge in [-0.3, -0.25) is 0 Å². The number of aryl methyl sites for hydroxylation is 1. The van der Waals surface area contributed by atoms with Crippen molar-refractivity contribution in [2.45, 2.75) is 19.4 Å². The van der Waals surface area contributed by atoms with E-state index in [1.807, 2.05) is 48.5 Å². The molecule has 126 valence electrons. The summed E-state index contributed by atoms with van der Waals surface area (Å²) < 4.78 is 6.30. The molecule has 3 aromatic rings. The standard InChI is InChI=1S/C22H24BNO/c1-2-18-10-9-15-21(16-18)23(20-13-7-4-8-14-20)25-17-22(24)19-11-5-3-6-12-19/h3-16,22H,2,17,24H2,1H3. The maximum absolute atomic E-state index is 6.33. The van der Waals surface area contributed by atoms with Gasteiger partial charge in [0.05, 0.1) is 6.04 Å². The van der Waals surface area contributed by atoms with Crippen molar-refractivity contribution in [2.75, 3.05) is 6.61 Å². The molecule has 0 saturated carbocycles. The van der Waals surface area contributed by atoms with E-state index in [4.69, 9.17) is 10.4 Å². The lowest BCUT2D eigenvalue weighted by Gasteiger charge is -2.19. The van der Waals surface area contributed by atoms with Gasteiger partial charge in [-0.05, 0) is 28.5 Å². The fourth-order valence-corrected chi connectivity index (χ4v) is 2.99. The second kappa shape index (κ2) is 8.66. The van der Waals surface area contributed by atoms with Gasteiger partial charge in [0.1, 0.15) is 0 Å². The molecule has 0 bridgehead atoms. The third kappa shape index (κ3) is 4.59. The summed E-state index contributed by atoms with van der Waals surface area (Å²) in [5.41, 5.74) is 11.1. The topological polar surface area (TPSA) is 35.2 Å². The van der Waals surface area contributed by atoms with E-state index in [0.29, 0.717) is 6.61 Å². The number of rotatable bonds is 7. The van der Waals surface area contributed by atoms with Gasteiger partial charge in [-0.1, -0.05) is 91.9 Å². The Morgan fingerprint density at radius 1 is 0.840 bits per heavy atom. The Balaban J connectivity index is 1.82. The molecule has 0 spiro atoms. The van der Waals surface area contributed by atoms with Crippen LogP contribution in [0.1, 0.15) is 24.1 Å². The van der Waals surface area contributed by atoms with E-state index < -0.39 is 0 Å². The average Bonchev–Trinajstić information content (AvgIpc) is 2.69. The van der Waals surface area contributed by atoms with E-state index in [1.54, 1.807) is 0 Å². The Morgan fingerprint density at radius 2 is 1.48 bits per heavy atom. The minimum absolute atomic E-state index is 0.109. The van der Waals surface area contributed by atoms with E-state index in [-0.39, 0.29) is 13.0 Å². The first-order chi connectivity index (χ1) is 12.3. The van der Waals surface area contributed by atoms with Crippen LogP contribution >= 0.6 is 0 Å². The van der Waals surface area contributed by atoms with E-state index in [9.17, 15) is 0 Å². The lowest BCUT2D eigenvalue weighted by Crippen LogP contribution is -2.46. The lowest BCUT2D eigenvalue weighted by atomic mass is 9.55. The van der Waals surface area contributed by atoms with E-state index in [2.05, 4.69) is 43.3 Å². The molecule has 0 amide bonds. The van der Waals surface area contributed by atoms with E-state index >= 15 is 0 Å². The second-order valence-electron chi connectivity index (χ2n) is 6.24. The highest BCUT2D eigenvalue weighted by Crippen LogP contribution is 2.10. The van der Waals surface area contributed by atoms with Gasteiger partial charge < -0.3 is 10.4 Å². The highest BCUT2D eigenvalue weighted by atomic mass is 16.4. The summed E-state index contributed by atoms with van der Waals surface area (Å²) in [5, 5.41) is 0. The predicted octanol–water partition coefficient (Wildman–Crippen LogP) is 3.07. The first-order valence-electron chi connectivity index (χ1n) is 8.84. The summed E-state index contributed by atoms with van der Waals surface area (Å²) in [6.07, 6.45) is 1.01. The van der Waals surface area contributed by atoms with Crippen molar-refractivity contribution in [2.24, 2.45) is 5.73 Å². The Hall–Kier alpha value is -2.36. The quantitative estimate of drug-likeness (QED) is 0.676. The SMILES string of the molecule is CCc1cccc(B(OCC(N)c2ccccc2)c2ccccc2)c1. The van der Waals surface area contributed by atoms with E-state index in [0.717, 1.165) is 17.4 Å². The van der Waals surface area contributed by atoms with Crippen LogP contribution in [-0.2, 0) is 11.1 Å². The molecule has 0 radical (unpaired) electrons. The molecule has 0 heterocycles. The molecule has 1 atom stereocenters. The van der Waals surface area contributed by atoms with Crippen LogP contribution in [0.3, 0.4) is 0 Å². The number of hydrogen-bond donors (Lipinski definition) is 1. The first kappa shape index (κ1) is 17.5. The van der Waals surface area contributed by atoms with Crippen LogP contribution in [0.2, 0.25) is 0 Å². The Labute approximate surface area is 150 Å². The summed E-state index contributed by atoms with van der Waals surface area (Å²) in [7, 11) is 0. The molecule has 0 saturated heterocycles. The monoisotopic (exact) mass is 329 g/mol. The Bertz CT molecular complexity index is 776. The molecule has 3 aromatic carbocycles. The van der Waals surface area contributed by atoms with Crippen molar-refractivity contribution in [1.29, 1.82) is 0 Å². The smallest absolute Gasteiger partial charge is 0.361 e. The zero-order valence-electron chi connectivity index (χ0n) is 14.6. The van der Waals surface area contributed by atoms with Gasteiger partial charge in [0.15, 0.2) is 0 Å². The molecule has 0 aliphatic heterocycles. The summed E-state index contributed by atoms with van der Waals surface area (Å²) in [4.78, 5) is 0. The normalized spacial score (nSPS) is 11.9. The molecule has 0 aliphatic carbocycles.